The number of rotatable bonds is 2. The van der Waals surface area contributed by atoms with E-state index in [1.165, 1.54) is 7.05 Å². The van der Waals surface area contributed by atoms with E-state index in [2.05, 4.69) is 15.3 Å². The summed E-state index contributed by atoms with van der Waals surface area (Å²) in [6.07, 6.45) is -2.69. The minimum absolute atomic E-state index is 0.0594. The molecule has 0 radical (unpaired) electrons. The van der Waals surface area contributed by atoms with Crippen molar-refractivity contribution in [2.75, 3.05) is 30.4 Å². The van der Waals surface area contributed by atoms with E-state index in [1.54, 1.807) is 11.8 Å². The van der Waals surface area contributed by atoms with E-state index in [-0.39, 0.29) is 11.8 Å². The zero-order chi connectivity index (χ0) is 15.7. The first-order valence-corrected chi connectivity index (χ1v) is 6.83. The number of anilines is 2. The number of nitrogens with zero attached hydrogens (tertiary/aromatic N) is 3. The van der Waals surface area contributed by atoms with E-state index in [4.69, 9.17) is 0 Å². The predicted octanol–water partition coefficient (Wildman–Crippen LogP) is 2.28. The minimum atomic E-state index is -4.51. The average molecular weight is 304 g/mol. The predicted molar refractivity (Wildman–Crippen MR) is 73.3 cm³/mol. The van der Waals surface area contributed by atoms with Crippen LogP contribution in [0.15, 0.2) is 6.07 Å². The van der Waals surface area contributed by atoms with Crippen LogP contribution in [0.2, 0.25) is 0 Å². The van der Waals surface area contributed by atoms with Crippen LogP contribution in [0.4, 0.5) is 24.9 Å². The Morgan fingerprint density at radius 3 is 2.62 bits per heavy atom. The lowest BCUT2D eigenvalue weighted by molar-refractivity contribution is -0.141. The second-order valence-corrected chi connectivity index (χ2v) is 5.52. The first-order chi connectivity index (χ1) is 9.71. The highest BCUT2D eigenvalue weighted by Gasteiger charge is 2.34. The summed E-state index contributed by atoms with van der Waals surface area (Å²) >= 11 is 0. The maximum atomic E-state index is 12.9. The maximum absolute atomic E-state index is 12.9. The summed E-state index contributed by atoms with van der Waals surface area (Å²) in [5.74, 6) is 0.176. The van der Waals surface area contributed by atoms with Crippen LogP contribution in [0.5, 0.6) is 0 Å². The summed E-state index contributed by atoms with van der Waals surface area (Å²) in [5.41, 5.74) is -1.74. The molecule has 1 aromatic heterocycles. The first-order valence-electron chi connectivity index (χ1n) is 6.83. The number of alkyl halides is 3. The summed E-state index contributed by atoms with van der Waals surface area (Å²) in [4.78, 5) is 9.31. The highest BCUT2D eigenvalue weighted by Crippen LogP contribution is 2.31. The molecule has 0 amide bonds. The third-order valence-corrected chi connectivity index (χ3v) is 3.61. The van der Waals surface area contributed by atoms with Crippen molar-refractivity contribution in [3.05, 3.63) is 11.8 Å². The van der Waals surface area contributed by atoms with Crippen molar-refractivity contribution in [3.63, 3.8) is 0 Å². The Hall–Kier alpha value is -1.57. The third-order valence-electron chi connectivity index (χ3n) is 3.61. The molecule has 1 aromatic rings. The lowest BCUT2D eigenvalue weighted by Crippen LogP contribution is -2.29. The van der Waals surface area contributed by atoms with Crippen LogP contribution >= 0.6 is 0 Å². The second-order valence-electron chi connectivity index (χ2n) is 5.52. The molecule has 0 aromatic carbocycles. The Balaban J connectivity index is 2.30. The SMILES string of the molecule is CNc1nc(N2CCCC(C)(O)CC2)cc(C(F)(F)F)n1. The largest absolute Gasteiger partial charge is 0.433 e. The Morgan fingerprint density at radius 2 is 2.00 bits per heavy atom. The summed E-state index contributed by atoms with van der Waals surface area (Å²) in [6.45, 7) is 2.77. The number of hydrogen-bond acceptors (Lipinski definition) is 5. The smallest absolute Gasteiger partial charge is 0.390 e. The molecule has 0 saturated carbocycles. The van der Waals surface area contributed by atoms with Crippen molar-refractivity contribution in [1.29, 1.82) is 0 Å². The zero-order valence-electron chi connectivity index (χ0n) is 12.0. The Labute approximate surface area is 121 Å². The maximum Gasteiger partial charge on any atom is 0.433 e. The van der Waals surface area contributed by atoms with Gasteiger partial charge in [-0.15, -0.1) is 0 Å². The molecule has 1 saturated heterocycles. The van der Waals surface area contributed by atoms with Crippen LogP contribution in [-0.4, -0.2) is 40.8 Å². The lowest BCUT2D eigenvalue weighted by Gasteiger charge is -2.24. The van der Waals surface area contributed by atoms with Gasteiger partial charge in [-0.2, -0.15) is 18.2 Å². The fraction of sp³-hybridized carbons (Fsp3) is 0.692. The molecule has 1 fully saturated rings. The van der Waals surface area contributed by atoms with Gasteiger partial charge in [0, 0.05) is 26.2 Å². The molecule has 118 valence electrons. The quantitative estimate of drug-likeness (QED) is 0.878. The van der Waals surface area contributed by atoms with Gasteiger partial charge in [-0.3, -0.25) is 0 Å². The van der Waals surface area contributed by atoms with Gasteiger partial charge in [0.1, 0.15) is 5.82 Å². The van der Waals surface area contributed by atoms with Crippen molar-refractivity contribution in [2.24, 2.45) is 0 Å². The van der Waals surface area contributed by atoms with Crippen LogP contribution < -0.4 is 10.2 Å². The first kappa shape index (κ1) is 15.8. The second kappa shape index (κ2) is 5.67. The molecule has 0 bridgehead atoms. The van der Waals surface area contributed by atoms with E-state index in [0.717, 1.165) is 6.07 Å². The van der Waals surface area contributed by atoms with Gasteiger partial charge in [0.05, 0.1) is 5.60 Å². The molecule has 2 heterocycles. The molecule has 2 rings (SSSR count). The third kappa shape index (κ3) is 3.96. The number of aromatic nitrogens is 2. The van der Waals surface area contributed by atoms with Crippen LogP contribution in [-0.2, 0) is 6.18 Å². The van der Waals surface area contributed by atoms with Gasteiger partial charge in [-0.05, 0) is 26.2 Å². The zero-order valence-corrected chi connectivity index (χ0v) is 12.0. The van der Waals surface area contributed by atoms with E-state index in [0.29, 0.717) is 32.4 Å². The van der Waals surface area contributed by atoms with E-state index in [1.807, 2.05) is 0 Å². The lowest BCUT2D eigenvalue weighted by atomic mass is 9.98. The van der Waals surface area contributed by atoms with Crippen LogP contribution in [0.25, 0.3) is 0 Å². The molecule has 5 nitrogen and oxygen atoms in total. The van der Waals surface area contributed by atoms with Crippen LogP contribution in [0, 0.1) is 0 Å². The number of hydrogen-bond donors (Lipinski definition) is 2. The van der Waals surface area contributed by atoms with Crippen LogP contribution in [0.1, 0.15) is 31.9 Å². The normalized spacial score (nSPS) is 23.8. The molecule has 2 N–H and O–H groups in total. The van der Waals surface area contributed by atoms with E-state index in [9.17, 15) is 18.3 Å². The summed E-state index contributed by atoms with van der Waals surface area (Å²) in [6, 6.07) is 0.959. The average Bonchev–Trinajstić information content (AvgIpc) is 2.58. The Bertz CT molecular complexity index is 505. The van der Waals surface area contributed by atoms with Crippen molar-refractivity contribution in [2.45, 2.75) is 38.0 Å². The Morgan fingerprint density at radius 1 is 1.29 bits per heavy atom. The standard InChI is InChI=1S/C13H19F3N4O/c1-12(21)4-3-6-20(7-5-12)10-8-9(13(14,15)16)18-11(17-2)19-10/h8,21H,3-7H2,1-2H3,(H,17,18,19). The molecule has 0 aliphatic carbocycles. The summed E-state index contributed by atoms with van der Waals surface area (Å²) in [5, 5.41) is 12.6. The summed E-state index contributed by atoms with van der Waals surface area (Å²) < 4.78 is 38.6. The molecule has 1 atom stereocenters. The molecular formula is C13H19F3N4O. The number of aliphatic hydroxyl groups is 1. The number of nitrogens with one attached hydrogen (secondary N) is 1. The fourth-order valence-electron chi connectivity index (χ4n) is 2.35. The fourth-order valence-corrected chi connectivity index (χ4v) is 2.35. The van der Waals surface area contributed by atoms with Gasteiger partial charge in [0.15, 0.2) is 5.69 Å². The van der Waals surface area contributed by atoms with Crippen molar-refractivity contribution >= 4 is 11.8 Å². The minimum Gasteiger partial charge on any atom is -0.390 e. The van der Waals surface area contributed by atoms with Gasteiger partial charge in [-0.1, -0.05) is 0 Å². The van der Waals surface area contributed by atoms with Gasteiger partial charge < -0.3 is 15.3 Å². The van der Waals surface area contributed by atoms with E-state index >= 15 is 0 Å². The van der Waals surface area contributed by atoms with Crippen LogP contribution in [0.3, 0.4) is 0 Å². The monoisotopic (exact) mass is 304 g/mol. The molecule has 21 heavy (non-hydrogen) atoms. The van der Waals surface area contributed by atoms with Gasteiger partial charge in [0.2, 0.25) is 5.95 Å². The van der Waals surface area contributed by atoms with Crippen molar-refractivity contribution in [1.82, 2.24) is 9.97 Å². The van der Waals surface area contributed by atoms with Crippen molar-refractivity contribution < 1.29 is 18.3 Å². The molecule has 1 aliphatic rings. The molecule has 8 heteroatoms. The molecular weight excluding hydrogens is 285 g/mol. The topological polar surface area (TPSA) is 61.3 Å². The summed E-state index contributed by atoms with van der Waals surface area (Å²) in [7, 11) is 1.48. The van der Waals surface area contributed by atoms with Gasteiger partial charge in [-0.25, -0.2) is 4.98 Å². The molecule has 1 aliphatic heterocycles. The Kier molecular flexibility index (Phi) is 4.27. The molecule has 0 spiro atoms. The highest BCUT2D eigenvalue weighted by molar-refractivity contribution is 5.45. The van der Waals surface area contributed by atoms with Crippen molar-refractivity contribution in [3.8, 4) is 0 Å². The van der Waals surface area contributed by atoms with E-state index < -0.39 is 17.5 Å². The van der Waals surface area contributed by atoms with Gasteiger partial charge >= 0.3 is 6.18 Å². The van der Waals surface area contributed by atoms with Gasteiger partial charge in [0.25, 0.3) is 0 Å². The highest BCUT2D eigenvalue weighted by atomic mass is 19.4. The number of halogens is 3. The molecule has 1 unspecified atom stereocenters.